The lowest BCUT2D eigenvalue weighted by Gasteiger charge is -2.28. The molecule has 1 heterocycles. The van der Waals surface area contributed by atoms with E-state index < -0.39 is 11.0 Å². The van der Waals surface area contributed by atoms with Gasteiger partial charge in [-0.25, -0.2) is 0 Å². The van der Waals surface area contributed by atoms with E-state index >= 15 is 0 Å². The van der Waals surface area contributed by atoms with Crippen molar-refractivity contribution in [2.24, 2.45) is 0 Å². The number of para-hydroxylation sites is 1. The minimum absolute atomic E-state index is 0.0325. The second kappa shape index (κ2) is 8.41. The fourth-order valence-electron chi connectivity index (χ4n) is 3.08. The Labute approximate surface area is 147 Å². The average Bonchev–Trinajstić information content (AvgIpc) is 3.10. The Morgan fingerprint density at radius 2 is 2.00 bits per heavy atom. The summed E-state index contributed by atoms with van der Waals surface area (Å²) in [5, 5.41) is 11.0. The maximum absolute atomic E-state index is 12.6. The molecule has 1 atom stereocenters. The number of rotatable bonds is 6. The lowest BCUT2D eigenvalue weighted by Crippen LogP contribution is -2.47. The maximum atomic E-state index is 12.6. The van der Waals surface area contributed by atoms with Gasteiger partial charge in [0.2, 0.25) is 11.8 Å². The van der Waals surface area contributed by atoms with E-state index in [4.69, 9.17) is 0 Å². The summed E-state index contributed by atoms with van der Waals surface area (Å²) in [6.45, 7) is 5.57. The first-order valence-corrected chi connectivity index (χ1v) is 8.50. The molecule has 25 heavy (non-hydrogen) atoms. The first-order valence-electron chi connectivity index (χ1n) is 8.50. The highest BCUT2D eigenvalue weighted by atomic mass is 16.6. The van der Waals surface area contributed by atoms with Crippen LogP contribution in [0.2, 0.25) is 0 Å². The smallest absolute Gasteiger partial charge is 0.276 e. The number of carbonyl (C=O) groups is 2. The molecular weight excluding hydrogens is 322 g/mol. The number of hydrogen-bond acceptors (Lipinski definition) is 4. The van der Waals surface area contributed by atoms with Crippen LogP contribution in [0.25, 0.3) is 6.08 Å². The number of likely N-dealkylation sites (N-methyl/N-ethyl adjacent to an activating group) is 1. The minimum Gasteiger partial charge on any atom is -0.341 e. The molecule has 0 aromatic heterocycles. The molecule has 1 saturated heterocycles. The van der Waals surface area contributed by atoms with Gasteiger partial charge in [-0.2, -0.15) is 0 Å². The molecule has 2 amide bonds. The molecule has 0 saturated carbocycles. The fourth-order valence-corrected chi connectivity index (χ4v) is 3.08. The summed E-state index contributed by atoms with van der Waals surface area (Å²) >= 11 is 0. The van der Waals surface area contributed by atoms with Crippen molar-refractivity contribution in [3.63, 3.8) is 0 Å². The molecule has 0 N–H and O–H groups in total. The number of nitrogens with zero attached hydrogens (tertiary/aromatic N) is 3. The summed E-state index contributed by atoms with van der Waals surface area (Å²) in [7, 11) is 0. The predicted molar refractivity (Wildman–Crippen MR) is 94.8 cm³/mol. The molecule has 0 bridgehead atoms. The molecule has 7 heteroatoms. The first-order chi connectivity index (χ1) is 12.0. The predicted octanol–water partition coefficient (Wildman–Crippen LogP) is 2.47. The summed E-state index contributed by atoms with van der Waals surface area (Å²) in [5.41, 5.74) is 0.315. The SMILES string of the molecule is CCN(CC)C(=O)[C@@H]1CCCN1C(=O)/C=C\c1ccccc1[N+](=O)[O-]. The van der Waals surface area contributed by atoms with Gasteiger partial charge < -0.3 is 9.80 Å². The molecule has 7 nitrogen and oxygen atoms in total. The van der Waals surface area contributed by atoms with E-state index in [0.29, 0.717) is 31.6 Å². The number of hydrogen-bond donors (Lipinski definition) is 0. The van der Waals surface area contributed by atoms with Crippen molar-refractivity contribution in [1.82, 2.24) is 9.80 Å². The largest absolute Gasteiger partial charge is 0.341 e. The van der Waals surface area contributed by atoms with Gasteiger partial charge in [0.05, 0.1) is 10.5 Å². The van der Waals surface area contributed by atoms with Crippen molar-refractivity contribution >= 4 is 23.6 Å². The van der Waals surface area contributed by atoms with Gasteiger partial charge in [0.15, 0.2) is 0 Å². The topological polar surface area (TPSA) is 83.8 Å². The molecule has 0 radical (unpaired) electrons. The fraction of sp³-hybridized carbons (Fsp3) is 0.444. The quantitative estimate of drug-likeness (QED) is 0.450. The van der Waals surface area contributed by atoms with Gasteiger partial charge in [-0.3, -0.25) is 19.7 Å². The average molecular weight is 345 g/mol. The molecule has 2 rings (SSSR count). The van der Waals surface area contributed by atoms with Gasteiger partial charge in [0, 0.05) is 31.8 Å². The molecule has 1 fully saturated rings. The molecule has 1 aliphatic rings. The Balaban J connectivity index is 2.14. The van der Waals surface area contributed by atoms with E-state index in [9.17, 15) is 19.7 Å². The second-order valence-electron chi connectivity index (χ2n) is 5.85. The molecule has 134 valence electrons. The van der Waals surface area contributed by atoms with Gasteiger partial charge in [0.25, 0.3) is 5.69 Å². The zero-order valence-electron chi connectivity index (χ0n) is 14.6. The third-order valence-corrected chi connectivity index (χ3v) is 4.43. The molecular formula is C18H23N3O4. The van der Waals surface area contributed by atoms with E-state index in [1.54, 1.807) is 28.0 Å². The van der Waals surface area contributed by atoms with Gasteiger partial charge >= 0.3 is 0 Å². The van der Waals surface area contributed by atoms with Crippen LogP contribution in [0.5, 0.6) is 0 Å². The lowest BCUT2D eigenvalue weighted by atomic mass is 10.1. The van der Waals surface area contributed by atoms with Crippen LogP contribution >= 0.6 is 0 Å². The molecule has 0 aliphatic carbocycles. The third kappa shape index (κ3) is 4.23. The molecule has 1 aliphatic heterocycles. The van der Waals surface area contributed by atoms with Gasteiger partial charge in [-0.1, -0.05) is 12.1 Å². The molecule has 0 unspecified atom stereocenters. The Kier molecular flexibility index (Phi) is 6.27. The van der Waals surface area contributed by atoms with E-state index in [2.05, 4.69) is 0 Å². The van der Waals surface area contributed by atoms with Crippen LogP contribution in [0.4, 0.5) is 5.69 Å². The zero-order chi connectivity index (χ0) is 18.4. The van der Waals surface area contributed by atoms with Crippen molar-refractivity contribution in [1.29, 1.82) is 0 Å². The maximum Gasteiger partial charge on any atom is 0.276 e. The van der Waals surface area contributed by atoms with Crippen LogP contribution in [0.15, 0.2) is 30.3 Å². The van der Waals surface area contributed by atoms with E-state index in [1.807, 2.05) is 13.8 Å². The van der Waals surface area contributed by atoms with E-state index in [1.165, 1.54) is 18.2 Å². The summed E-state index contributed by atoms with van der Waals surface area (Å²) in [6, 6.07) is 5.80. The van der Waals surface area contributed by atoms with Crippen molar-refractivity contribution in [2.45, 2.75) is 32.7 Å². The van der Waals surface area contributed by atoms with Gasteiger partial charge in [0.1, 0.15) is 6.04 Å². The Morgan fingerprint density at radius 1 is 1.32 bits per heavy atom. The van der Waals surface area contributed by atoms with E-state index in [-0.39, 0.29) is 17.5 Å². The van der Waals surface area contributed by atoms with Crippen molar-refractivity contribution in [3.05, 3.63) is 46.0 Å². The van der Waals surface area contributed by atoms with Crippen molar-refractivity contribution in [2.75, 3.05) is 19.6 Å². The van der Waals surface area contributed by atoms with Crippen molar-refractivity contribution in [3.8, 4) is 0 Å². The third-order valence-electron chi connectivity index (χ3n) is 4.43. The van der Waals surface area contributed by atoms with Crippen LogP contribution in [-0.4, -0.2) is 52.2 Å². The highest BCUT2D eigenvalue weighted by molar-refractivity contribution is 5.96. The van der Waals surface area contributed by atoms with Crippen LogP contribution in [0.3, 0.4) is 0 Å². The van der Waals surface area contributed by atoms with Crippen LogP contribution in [0.1, 0.15) is 32.3 Å². The Bertz CT molecular complexity index is 683. The minimum atomic E-state index is -0.479. The zero-order valence-corrected chi connectivity index (χ0v) is 14.6. The molecule has 1 aromatic carbocycles. The first kappa shape index (κ1) is 18.6. The number of nitro groups is 1. The van der Waals surface area contributed by atoms with Crippen LogP contribution in [0, 0.1) is 10.1 Å². The highest BCUT2D eigenvalue weighted by Gasteiger charge is 2.34. The van der Waals surface area contributed by atoms with E-state index in [0.717, 1.165) is 6.42 Å². The Hall–Kier alpha value is -2.70. The lowest BCUT2D eigenvalue weighted by molar-refractivity contribution is -0.385. The summed E-state index contributed by atoms with van der Waals surface area (Å²) in [5.74, 6) is -0.323. The summed E-state index contributed by atoms with van der Waals surface area (Å²) in [6.07, 6.45) is 4.19. The number of likely N-dealkylation sites (tertiary alicyclic amines) is 1. The number of amides is 2. The monoisotopic (exact) mass is 345 g/mol. The van der Waals surface area contributed by atoms with Crippen LogP contribution < -0.4 is 0 Å². The highest BCUT2D eigenvalue weighted by Crippen LogP contribution is 2.22. The normalized spacial score (nSPS) is 17.0. The summed E-state index contributed by atoms with van der Waals surface area (Å²) < 4.78 is 0. The number of benzene rings is 1. The van der Waals surface area contributed by atoms with Crippen LogP contribution in [-0.2, 0) is 9.59 Å². The number of carbonyl (C=O) groups excluding carboxylic acids is 2. The second-order valence-corrected chi connectivity index (χ2v) is 5.85. The molecule has 1 aromatic rings. The Morgan fingerprint density at radius 3 is 2.64 bits per heavy atom. The van der Waals surface area contributed by atoms with Gasteiger partial charge in [-0.15, -0.1) is 0 Å². The number of nitro benzene ring substituents is 1. The van der Waals surface area contributed by atoms with Crippen molar-refractivity contribution < 1.29 is 14.5 Å². The summed E-state index contributed by atoms with van der Waals surface area (Å²) in [4.78, 5) is 38.9. The standard InChI is InChI=1S/C18H23N3O4/c1-3-19(4-2)18(23)16-10-7-13-20(16)17(22)12-11-14-8-5-6-9-15(14)21(24)25/h5-6,8-9,11-12,16H,3-4,7,10,13H2,1-2H3/b12-11-/t16-/m0/s1. The van der Waals surface area contributed by atoms with Gasteiger partial charge in [-0.05, 0) is 38.8 Å². The molecule has 0 spiro atoms.